The lowest BCUT2D eigenvalue weighted by Gasteiger charge is -2.28. The van der Waals surface area contributed by atoms with Crippen LogP contribution in [0.1, 0.15) is 16.8 Å². The van der Waals surface area contributed by atoms with Crippen LogP contribution in [0.3, 0.4) is 0 Å². The summed E-state index contributed by atoms with van der Waals surface area (Å²) in [6.07, 6.45) is 2.43. The van der Waals surface area contributed by atoms with Crippen molar-refractivity contribution in [2.75, 3.05) is 13.7 Å². The first-order valence-electron chi connectivity index (χ1n) is 8.72. The van der Waals surface area contributed by atoms with Gasteiger partial charge in [-0.15, -0.1) is 0 Å². The first-order chi connectivity index (χ1) is 13.1. The highest BCUT2D eigenvalue weighted by molar-refractivity contribution is 6.30. The van der Waals surface area contributed by atoms with E-state index in [0.717, 1.165) is 35.3 Å². The van der Waals surface area contributed by atoms with Gasteiger partial charge in [0.1, 0.15) is 5.82 Å². The van der Waals surface area contributed by atoms with Crippen molar-refractivity contribution in [2.45, 2.75) is 19.5 Å². The van der Waals surface area contributed by atoms with E-state index < -0.39 is 0 Å². The van der Waals surface area contributed by atoms with Crippen LogP contribution in [0.5, 0.6) is 5.88 Å². The summed E-state index contributed by atoms with van der Waals surface area (Å²) in [5.74, 6) is 1.20. The maximum absolute atomic E-state index is 12.7. The topological polar surface area (TPSA) is 71.1 Å². The summed E-state index contributed by atoms with van der Waals surface area (Å²) in [4.78, 5) is 26.7. The van der Waals surface area contributed by atoms with Gasteiger partial charge in [-0.1, -0.05) is 17.7 Å². The molecule has 0 amide bonds. The van der Waals surface area contributed by atoms with E-state index in [1.165, 1.54) is 0 Å². The second-order valence-corrected chi connectivity index (χ2v) is 6.92. The molecule has 2 aromatic heterocycles. The standard InChI is InChI=1S/C20H19ClN4O2/c1-27-20-14(3-2-9-22-20)11-25-10-8-17-16(12-25)19(26)24-18(23-17)13-4-6-15(21)7-5-13/h2-7,9H,8,10-12H2,1H3,(H,23,24,26). The minimum absolute atomic E-state index is 0.0900. The molecule has 3 heterocycles. The van der Waals surface area contributed by atoms with Crippen LogP contribution in [0.25, 0.3) is 11.4 Å². The predicted octanol–water partition coefficient (Wildman–Crippen LogP) is 3.05. The summed E-state index contributed by atoms with van der Waals surface area (Å²) in [7, 11) is 1.62. The minimum atomic E-state index is -0.0900. The summed E-state index contributed by atoms with van der Waals surface area (Å²) in [5.41, 5.74) is 3.35. The first-order valence-corrected chi connectivity index (χ1v) is 9.10. The monoisotopic (exact) mass is 382 g/mol. The van der Waals surface area contributed by atoms with Crippen LogP contribution in [0.4, 0.5) is 0 Å². The van der Waals surface area contributed by atoms with E-state index in [4.69, 9.17) is 16.3 Å². The molecule has 0 atom stereocenters. The minimum Gasteiger partial charge on any atom is -0.481 e. The van der Waals surface area contributed by atoms with Crippen molar-refractivity contribution in [3.05, 3.63) is 74.8 Å². The highest BCUT2D eigenvalue weighted by atomic mass is 35.5. The van der Waals surface area contributed by atoms with Crippen LogP contribution >= 0.6 is 11.6 Å². The van der Waals surface area contributed by atoms with E-state index >= 15 is 0 Å². The molecule has 1 aromatic carbocycles. The maximum atomic E-state index is 12.7. The summed E-state index contributed by atoms with van der Waals surface area (Å²) >= 11 is 5.94. The Bertz CT molecular complexity index is 1020. The number of methoxy groups -OCH3 is 1. The van der Waals surface area contributed by atoms with Crippen molar-refractivity contribution in [1.29, 1.82) is 0 Å². The third kappa shape index (κ3) is 3.72. The Kier molecular flexibility index (Phi) is 4.92. The summed E-state index contributed by atoms with van der Waals surface area (Å²) in [6.45, 7) is 2.05. The molecule has 1 aliphatic heterocycles. The summed E-state index contributed by atoms with van der Waals surface area (Å²) in [5, 5.41) is 0.653. The Balaban J connectivity index is 1.58. The fourth-order valence-electron chi connectivity index (χ4n) is 3.33. The van der Waals surface area contributed by atoms with Gasteiger partial charge in [0.2, 0.25) is 5.88 Å². The highest BCUT2D eigenvalue weighted by Gasteiger charge is 2.22. The second-order valence-electron chi connectivity index (χ2n) is 6.48. The molecule has 7 heteroatoms. The molecule has 1 aliphatic rings. The van der Waals surface area contributed by atoms with Crippen LogP contribution in [0, 0.1) is 0 Å². The SMILES string of the molecule is COc1ncccc1CN1CCc2nc(-c3ccc(Cl)cc3)[nH]c(=O)c2C1. The Morgan fingerprint density at radius 1 is 1.26 bits per heavy atom. The zero-order valence-corrected chi connectivity index (χ0v) is 15.7. The number of H-pyrrole nitrogens is 1. The molecule has 1 N–H and O–H groups in total. The molecule has 0 saturated heterocycles. The third-order valence-corrected chi connectivity index (χ3v) is 4.95. The zero-order chi connectivity index (χ0) is 18.8. The van der Waals surface area contributed by atoms with Crippen molar-refractivity contribution in [1.82, 2.24) is 19.9 Å². The van der Waals surface area contributed by atoms with Crippen LogP contribution in [0.2, 0.25) is 5.02 Å². The van der Waals surface area contributed by atoms with Crippen molar-refractivity contribution in [2.24, 2.45) is 0 Å². The molecule has 0 spiro atoms. The molecule has 0 aliphatic carbocycles. The fraction of sp³-hybridized carbons (Fsp3) is 0.250. The summed E-state index contributed by atoms with van der Waals surface area (Å²) < 4.78 is 5.33. The van der Waals surface area contributed by atoms with Crippen molar-refractivity contribution >= 4 is 11.6 Å². The van der Waals surface area contributed by atoms with E-state index in [1.54, 1.807) is 25.4 Å². The lowest BCUT2D eigenvalue weighted by Crippen LogP contribution is -2.35. The number of hydrogen-bond donors (Lipinski definition) is 1. The molecular weight excluding hydrogens is 364 g/mol. The third-order valence-electron chi connectivity index (χ3n) is 4.70. The molecular formula is C20H19ClN4O2. The summed E-state index contributed by atoms with van der Waals surface area (Å²) in [6, 6.07) is 11.2. The van der Waals surface area contributed by atoms with Gasteiger partial charge in [0.05, 0.1) is 18.4 Å². The Morgan fingerprint density at radius 2 is 2.07 bits per heavy atom. The van der Waals surface area contributed by atoms with E-state index in [2.05, 4.69) is 19.9 Å². The number of ether oxygens (including phenoxy) is 1. The lowest BCUT2D eigenvalue weighted by atomic mass is 10.1. The molecule has 0 bridgehead atoms. The molecule has 0 radical (unpaired) electrons. The van der Waals surface area contributed by atoms with Gasteiger partial charge >= 0.3 is 0 Å². The van der Waals surface area contributed by atoms with Gasteiger partial charge in [0, 0.05) is 48.4 Å². The normalized spacial score (nSPS) is 14.0. The number of nitrogens with one attached hydrogen (secondary N) is 1. The average molecular weight is 383 g/mol. The van der Waals surface area contributed by atoms with Gasteiger partial charge in [-0.25, -0.2) is 9.97 Å². The van der Waals surface area contributed by atoms with Gasteiger partial charge in [-0.2, -0.15) is 0 Å². The molecule has 27 heavy (non-hydrogen) atoms. The van der Waals surface area contributed by atoms with Crippen LogP contribution in [0.15, 0.2) is 47.4 Å². The van der Waals surface area contributed by atoms with Gasteiger partial charge in [-0.3, -0.25) is 9.69 Å². The molecule has 0 saturated carbocycles. The highest BCUT2D eigenvalue weighted by Crippen LogP contribution is 2.23. The molecule has 6 nitrogen and oxygen atoms in total. The number of nitrogens with zero attached hydrogens (tertiary/aromatic N) is 3. The molecule has 4 rings (SSSR count). The fourth-order valence-corrected chi connectivity index (χ4v) is 3.46. The van der Waals surface area contributed by atoms with Crippen LogP contribution in [-0.4, -0.2) is 33.5 Å². The van der Waals surface area contributed by atoms with Gasteiger partial charge in [0.25, 0.3) is 5.56 Å². The van der Waals surface area contributed by atoms with Crippen molar-refractivity contribution in [3.63, 3.8) is 0 Å². The molecule has 3 aromatic rings. The lowest BCUT2D eigenvalue weighted by molar-refractivity contribution is 0.237. The zero-order valence-electron chi connectivity index (χ0n) is 14.9. The largest absolute Gasteiger partial charge is 0.481 e. The van der Waals surface area contributed by atoms with Gasteiger partial charge < -0.3 is 9.72 Å². The Labute approximate surface area is 161 Å². The first kappa shape index (κ1) is 17.7. The molecule has 138 valence electrons. The number of aromatic amines is 1. The maximum Gasteiger partial charge on any atom is 0.255 e. The number of aromatic nitrogens is 3. The van der Waals surface area contributed by atoms with E-state index in [1.807, 2.05) is 24.3 Å². The molecule has 0 fully saturated rings. The van der Waals surface area contributed by atoms with E-state index in [9.17, 15) is 4.79 Å². The number of pyridine rings is 1. The smallest absolute Gasteiger partial charge is 0.255 e. The average Bonchev–Trinajstić information content (AvgIpc) is 2.69. The quantitative estimate of drug-likeness (QED) is 0.750. The van der Waals surface area contributed by atoms with Crippen molar-refractivity contribution in [3.8, 4) is 17.3 Å². The van der Waals surface area contributed by atoms with Crippen LogP contribution < -0.4 is 10.3 Å². The predicted molar refractivity (Wildman–Crippen MR) is 104 cm³/mol. The molecule has 0 unspecified atom stereocenters. The van der Waals surface area contributed by atoms with E-state index in [0.29, 0.717) is 29.8 Å². The number of fused-ring (bicyclic) bond motifs is 1. The number of halogens is 1. The van der Waals surface area contributed by atoms with Gasteiger partial charge in [0.15, 0.2) is 0 Å². The number of rotatable bonds is 4. The number of benzene rings is 1. The number of hydrogen-bond acceptors (Lipinski definition) is 5. The van der Waals surface area contributed by atoms with E-state index in [-0.39, 0.29) is 5.56 Å². The van der Waals surface area contributed by atoms with Gasteiger partial charge in [-0.05, 0) is 30.3 Å². The van der Waals surface area contributed by atoms with Crippen molar-refractivity contribution < 1.29 is 4.74 Å². The Morgan fingerprint density at radius 3 is 2.85 bits per heavy atom. The Hall–Kier alpha value is -2.70. The van der Waals surface area contributed by atoms with Crippen LogP contribution in [-0.2, 0) is 19.5 Å². The second kappa shape index (κ2) is 7.50.